The third-order valence-corrected chi connectivity index (χ3v) is 3.62. The number of carbonyl (C=O) groups excluding carboxylic acids is 1. The molecule has 10 heteroatoms. The summed E-state index contributed by atoms with van der Waals surface area (Å²) in [6, 6.07) is 2.30. The van der Waals surface area contributed by atoms with Crippen LogP contribution in [-0.2, 0) is 19.6 Å². The Balaban J connectivity index is 3.00. The number of nitrogens with two attached hydrogens (primary N) is 1. The minimum absolute atomic E-state index is 0.0101. The molecule has 0 saturated heterocycles. The Bertz CT molecular complexity index is 662. The zero-order chi connectivity index (χ0) is 15.3. The van der Waals surface area contributed by atoms with Gasteiger partial charge in [0.05, 0.1) is 6.42 Å². The first-order chi connectivity index (χ1) is 9.26. The van der Waals surface area contributed by atoms with Crippen molar-refractivity contribution in [2.24, 2.45) is 5.73 Å². The van der Waals surface area contributed by atoms with Gasteiger partial charge in [-0.3, -0.25) is 9.59 Å². The molecule has 1 rings (SSSR count). The van der Waals surface area contributed by atoms with Crippen LogP contribution in [0.15, 0.2) is 23.2 Å². The zero-order valence-electron chi connectivity index (χ0n) is 9.98. The molecular weight excluding hydrogens is 288 g/mol. The van der Waals surface area contributed by atoms with Crippen LogP contribution >= 0.6 is 0 Å². The van der Waals surface area contributed by atoms with E-state index in [2.05, 4.69) is 4.98 Å². The molecular formula is C10H10N4O5S. The highest BCUT2D eigenvalue weighted by Crippen LogP contribution is 2.09. The Labute approximate surface area is 114 Å². The topological polar surface area (TPSA) is 163 Å². The molecule has 0 unspecified atom stereocenters. The molecule has 106 valence electrons. The summed E-state index contributed by atoms with van der Waals surface area (Å²) in [5.74, 6) is -2.49. The number of aliphatic carboxylic acids is 1. The Morgan fingerprint density at radius 1 is 1.50 bits per heavy atom. The number of nitriles is 1. The number of rotatable bonds is 6. The van der Waals surface area contributed by atoms with Crippen LogP contribution in [0.25, 0.3) is 0 Å². The van der Waals surface area contributed by atoms with Gasteiger partial charge in [-0.1, -0.05) is 0 Å². The maximum absolute atomic E-state index is 11.9. The number of aromatic nitrogens is 1. The number of carboxylic acid groups (broad SMARTS) is 1. The normalized spacial score (nSPS) is 12.3. The van der Waals surface area contributed by atoms with Crippen LogP contribution in [-0.4, -0.2) is 36.4 Å². The van der Waals surface area contributed by atoms with Crippen LogP contribution in [0.5, 0.6) is 0 Å². The molecule has 1 heterocycles. The number of carboxylic acids is 1. The largest absolute Gasteiger partial charge is 0.480 e. The molecule has 0 saturated carbocycles. The van der Waals surface area contributed by atoms with Crippen LogP contribution in [0.3, 0.4) is 0 Å². The van der Waals surface area contributed by atoms with Gasteiger partial charge in [0.1, 0.15) is 22.7 Å². The molecule has 0 fully saturated rings. The van der Waals surface area contributed by atoms with Crippen LogP contribution in [0, 0.1) is 11.3 Å². The fraction of sp³-hybridized carbons (Fsp3) is 0.200. The average Bonchev–Trinajstić information content (AvgIpc) is 2.37. The lowest BCUT2D eigenvalue weighted by Gasteiger charge is -2.12. The van der Waals surface area contributed by atoms with E-state index in [4.69, 9.17) is 16.1 Å². The van der Waals surface area contributed by atoms with Gasteiger partial charge in [0.2, 0.25) is 15.9 Å². The van der Waals surface area contributed by atoms with Crippen molar-refractivity contribution in [2.45, 2.75) is 17.4 Å². The van der Waals surface area contributed by atoms with Gasteiger partial charge in [-0.25, -0.2) is 13.4 Å². The number of carbonyl (C=O) groups is 2. The first-order valence-corrected chi connectivity index (χ1v) is 6.64. The summed E-state index contributed by atoms with van der Waals surface area (Å²) in [7, 11) is -4.19. The number of amides is 1. The van der Waals surface area contributed by atoms with E-state index in [1.807, 2.05) is 4.72 Å². The number of nitrogens with one attached hydrogen (secondary N) is 1. The van der Waals surface area contributed by atoms with E-state index in [0.717, 1.165) is 12.3 Å². The smallest absolute Gasteiger partial charge is 0.322 e. The molecule has 0 aromatic carbocycles. The van der Waals surface area contributed by atoms with E-state index >= 15 is 0 Å². The SMILES string of the molecule is N#Cc1ccc(S(=O)(=O)N[C@@H](CC(N)=O)C(=O)O)cn1. The minimum atomic E-state index is -4.19. The molecule has 1 amide bonds. The number of primary amides is 1. The maximum Gasteiger partial charge on any atom is 0.322 e. The summed E-state index contributed by atoms with van der Waals surface area (Å²) < 4.78 is 25.6. The lowest BCUT2D eigenvalue weighted by atomic mass is 10.2. The van der Waals surface area contributed by atoms with Gasteiger partial charge in [-0.15, -0.1) is 0 Å². The van der Waals surface area contributed by atoms with Crippen molar-refractivity contribution in [3.05, 3.63) is 24.0 Å². The Kier molecular flexibility index (Phi) is 4.73. The number of pyridine rings is 1. The quantitative estimate of drug-likeness (QED) is 0.578. The molecule has 0 spiro atoms. The summed E-state index contributed by atoms with van der Waals surface area (Å²) in [4.78, 5) is 24.8. The summed E-state index contributed by atoms with van der Waals surface area (Å²) in [5, 5.41) is 17.4. The number of sulfonamides is 1. The lowest BCUT2D eigenvalue weighted by molar-refractivity contribution is -0.140. The third kappa shape index (κ3) is 4.01. The van der Waals surface area contributed by atoms with Crippen LogP contribution in [0.2, 0.25) is 0 Å². The van der Waals surface area contributed by atoms with Crippen molar-refractivity contribution in [1.82, 2.24) is 9.71 Å². The molecule has 0 aliphatic heterocycles. The Morgan fingerprint density at radius 2 is 2.15 bits per heavy atom. The van der Waals surface area contributed by atoms with Gasteiger partial charge in [-0.2, -0.15) is 9.98 Å². The first-order valence-electron chi connectivity index (χ1n) is 5.16. The molecule has 0 bridgehead atoms. The predicted molar refractivity (Wildman–Crippen MR) is 64.5 cm³/mol. The number of nitrogens with zero attached hydrogens (tertiary/aromatic N) is 2. The van der Waals surface area contributed by atoms with Crippen molar-refractivity contribution >= 4 is 21.9 Å². The highest BCUT2D eigenvalue weighted by Gasteiger charge is 2.27. The molecule has 20 heavy (non-hydrogen) atoms. The van der Waals surface area contributed by atoms with Gasteiger partial charge in [0.15, 0.2) is 0 Å². The second kappa shape index (κ2) is 6.09. The van der Waals surface area contributed by atoms with E-state index in [-0.39, 0.29) is 10.6 Å². The zero-order valence-corrected chi connectivity index (χ0v) is 10.8. The monoisotopic (exact) mass is 298 g/mol. The highest BCUT2D eigenvalue weighted by atomic mass is 32.2. The fourth-order valence-corrected chi connectivity index (χ4v) is 2.37. The van der Waals surface area contributed by atoms with Crippen LogP contribution in [0.4, 0.5) is 0 Å². The lowest BCUT2D eigenvalue weighted by Crippen LogP contribution is -2.43. The summed E-state index contributed by atoms with van der Waals surface area (Å²) >= 11 is 0. The molecule has 0 radical (unpaired) electrons. The third-order valence-electron chi connectivity index (χ3n) is 2.16. The minimum Gasteiger partial charge on any atom is -0.480 e. The van der Waals surface area contributed by atoms with E-state index < -0.39 is 34.4 Å². The molecule has 1 aromatic rings. The Hall–Kier alpha value is -2.51. The first kappa shape index (κ1) is 15.5. The number of hydrogen-bond donors (Lipinski definition) is 3. The van der Waals surface area contributed by atoms with Crippen molar-refractivity contribution < 1.29 is 23.1 Å². The predicted octanol–water partition coefficient (Wildman–Crippen LogP) is -1.44. The molecule has 1 aromatic heterocycles. The second-order valence-electron chi connectivity index (χ2n) is 3.67. The molecule has 1 atom stereocenters. The molecule has 4 N–H and O–H groups in total. The van der Waals surface area contributed by atoms with Gasteiger partial charge in [-0.05, 0) is 12.1 Å². The standard InChI is InChI=1S/C10H10N4O5S/c11-4-6-1-2-7(5-13-6)20(18,19)14-8(10(16)17)3-9(12)15/h1-2,5,8,14H,3H2,(H2,12,15)(H,16,17)/t8-/m0/s1. The fourth-order valence-electron chi connectivity index (χ4n) is 1.24. The molecule has 0 aliphatic carbocycles. The highest BCUT2D eigenvalue weighted by molar-refractivity contribution is 7.89. The molecule has 9 nitrogen and oxygen atoms in total. The Morgan fingerprint density at radius 3 is 2.55 bits per heavy atom. The van der Waals surface area contributed by atoms with Crippen molar-refractivity contribution in [3.63, 3.8) is 0 Å². The van der Waals surface area contributed by atoms with Gasteiger partial charge in [0, 0.05) is 6.20 Å². The summed E-state index contributed by atoms with van der Waals surface area (Å²) in [6.45, 7) is 0. The van der Waals surface area contributed by atoms with Crippen molar-refractivity contribution in [2.75, 3.05) is 0 Å². The maximum atomic E-state index is 11.9. The van der Waals surface area contributed by atoms with Crippen molar-refractivity contribution in [1.29, 1.82) is 5.26 Å². The summed E-state index contributed by atoms with van der Waals surface area (Å²) in [5.41, 5.74) is 4.85. The summed E-state index contributed by atoms with van der Waals surface area (Å²) in [6.07, 6.45) is 0.225. The number of hydrogen-bond acceptors (Lipinski definition) is 6. The van der Waals surface area contributed by atoms with E-state index in [9.17, 15) is 18.0 Å². The van der Waals surface area contributed by atoms with E-state index in [1.165, 1.54) is 6.07 Å². The van der Waals surface area contributed by atoms with Crippen LogP contribution < -0.4 is 10.5 Å². The van der Waals surface area contributed by atoms with Crippen molar-refractivity contribution in [3.8, 4) is 6.07 Å². The van der Waals surface area contributed by atoms with E-state index in [0.29, 0.717) is 0 Å². The van der Waals surface area contributed by atoms with Gasteiger partial charge in [0.25, 0.3) is 0 Å². The van der Waals surface area contributed by atoms with Crippen LogP contribution in [0.1, 0.15) is 12.1 Å². The second-order valence-corrected chi connectivity index (χ2v) is 5.39. The van der Waals surface area contributed by atoms with E-state index in [1.54, 1.807) is 6.07 Å². The molecule has 0 aliphatic rings. The van der Waals surface area contributed by atoms with Gasteiger partial charge < -0.3 is 10.8 Å². The average molecular weight is 298 g/mol. The van der Waals surface area contributed by atoms with Gasteiger partial charge >= 0.3 is 5.97 Å².